The van der Waals surface area contributed by atoms with E-state index >= 15 is 0 Å². The molecule has 0 radical (unpaired) electrons. The summed E-state index contributed by atoms with van der Waals surface area (Å²) in [6.07, 6.45) is 12.1. The monoisotopic (exact) mass is 475 g/mol. The van der Waals surface area contributed by atoms with Gasteiger partial charge in [0.15, 0.2) is 5.43 Å². The van der Waals surface area contributed by atoms with Crippen molar-refractivity contribution in [3.05, 3.63) is 113 Å². The Labute approximate surface area is 210 Å². The Kier molecular flexibility index (Phi) is 6.00. The largest absolute Gasteiger partial charge is 0.368 e. The molecule has 0 saturated carbocycles. The lowest BCUT2D eigenvalue weighted by molar-refractivity contribution is 0.653. The molecule has 6 nitrogen and oxygen atoms in total. The van der Waals surface area contributed by atoms with E-state index in [-0.39, 0.29) is 5.43 Å². The molecule has 180 valence electrons. The van der Waals surface area contributed by atoms with Crippen LogP contribution in [0.15, 0.2) is 108 Å². The van der Waals surface area contributed by atoms with E-state index < -0.39 is 0 Å². The number of anilines is 3. The van der Waals surface area contributed by atoms with Gasteiger partial charge in [0.1, 0.15) is 5.82 Å². The average molecular weight is 476 g/mol. The van der Waals surface area contributed by atoms with Gasteiger partial charge in [-0.15, -0.1) is 0 Å². The Morgan fingerprint density at radius 3 is 2.17 bits per heavy atom. The molecule has 1 N–H and O–H groups in total. The van der Waals surface area contributed by atoms with Gasteiger partial charge in [-0.3, -0.25) is 14.3 Å². The molecule has 2 aromatic carbocycles. The number of allylic oxidation sites excluding steroid dienone is 3. The van der Waals surface area contributed by atoms with E-state index in [1.165, 1.54) is 5.69 Å². The Morgan fingerprint density at radius 2 is 1.47 bits per heavy atom. The molecule has 1 fully saturated rings. The van der Waals surface area contributed by atoms with Crippen molar-refractivity contribution in [2.45, 2.75) is 12.8 Å². The van der Waals surface area contributed by atoms with Gasteiger partial charge in [0.25, 0.3) is 0 Å². The first-order valence-electron chi connectivity index (χ1n) is 12.6. The van der Waals surface area contributed by atoms with Crippen LogP contribution in [0.1, 0.15) is 12.8 Å². The van der Waals surface area contributed by atoms with Crippen LogP contribution in [0.25, 0.3) is 16.6 Å². The fourth-order valence-corrected chi connectivity index (χ4v) is 5.11. The van der Waals surface area contributed by atoms with Crippen LogP contribution in [-0.2, 0) is 0 Å². The first-order valence-corrected chi connectivity index (χ1v) is 12.6. The number of benzene rings is 2. The molecular formula is C30H29N5O. The molecule has 1 aliphatic carbocycles. The van der Waals surface area contributed by atoms with Gasteiger partial charge >= 0.3 is 0 Å². The summed E-state index contributed by atoms with van der Waals surface area (Å²) >= 11 is 0. The van der Waals surface area contributed by atoms with E-state index in [1.54, 1.807) is 12.3 Å². The van der Waals surface area contributed by atoms with Gasteiger partial charge in [0.2, 0.25) is 0 Å². The molecule has 0 amide bonds. The van der Waals surface area contributed by atoms with E-state index in [0.717, 1.165) is 67.4 Å². The number of nitrogens with one attached hydrogen (secondary N) is 1. The topological polar surface area (TPSA) is 53.4 Å². The lowest BCUT2D eigenvalue weighted by Gasteiger charge is -2.38. The van der Waals surface area contributed by atoms with Crippen LogP contribution in [0, 0.1) is 0 Å². The number of piperazine rings is 1. The standard InChI is InChI=1S/C30H29N5O/c36-28-20-29(32-23-10-4-1-5-11-23)35(25-14-8-3-9-15-25)30-26(28)21-31-22-27(30)34-18-16-33(17-19-34)24-12-6-2-7-13-24/h2-4,6-15,20-22,32H,1,5,16-19H2. The predicted octanol–water partition coefficient (Wildman–Crippen LogP) is 5.36. The number of para-hydroxylation sites is 2. The molecule has 0 atom stereocenters. The summed E-state index contributed by atoms with van der Waals surface area (Å²) in [7, 11) is 0. The molecule has 36 heavy (non-hydrogen) atoms. The summed E-state index contributed by atoms with van der Waals surface area (Å²) in [5.41, 5.74) is 5.10. The van der Waals surface area contributed by atoms with Crippen LogP contribution in [0.3, 0.4) is 0 Å². The maximum absolute atomic E-state index is 13.3. The highest BCUT2D eigenvalue weighted by molar-refractivity contribution is 5.93. The van der Waals surface area contributed by atoms with Gasteiger partial charge in [0.05, 0.1) is 22.8 Å². The van der Waals surface area contributed by atoms with Crippen LogP contribution in [-0.4, -0.2) is 35.7 Å². The van der Waals surface area contributed by atoms with Gasteiger partial charge < -0.3 is 15.1 Å². The van der Waals surface area contributed by atoms with Crippen molar-refractivity contribution < 1.29 is 0 Å². The van der Waals surface area contributed by atoms with Crippen molar-refractivity contribution in [1.29, 1.82) is 0 Å². The number of fused-ring (bicyclic) bond motifs is 1. The number of hydrogen-bond donors (Lipinski definition) is 1. The molecule has 0 unspecified atom stereocenters. The summed E-state index contributed by atoms with van der Waals surface area (Å²) in [5, 5.41) is 4.16. The van der Waals surface area contributed by atoms with E-state index in [4.69, 9.17) is 0 Å². The van der Waals surface area contributed by atoms with Gasteiger partial charge in [-0.05, 0) is 43.2 Å². The smallest absolute Gasteiger partial charge is 0.193 e. The van der Waals surface area contributed by atoms with Crippen LogP contribution < -0.4 is 20.5 Å². The molecule has 4 aromatic rings. The normalized spacial score (nSPS) is 15.7. The molecule has 1 saturated heterocycles. The molecular weight excluding hydrogens is 446 g/mol. The lowest BCUT2D eigenvalue weighted by atomic mass is 10.1. The Morgan fingerprint density at radius 1 is 0.778 bits per heavy atom. The lowest BCUT2D eigenvalue weighted by Crippen LogP contribution is -2.46. The van der Waals surface area contributed by atoms with Gasteiger partial charge in [-0.2, -0.15) is 0 Å². The number of hydrogen-bond acceptors (Lipinski definition) is 5. The second-order valence-electron chi connectivity index (χ2n) is 9.19. The fraction of sp³-hybridized carbons (Fsp3) is 0.200. The highest BCUT2D eigenvalue weighted by Crippen LogP contribution is 2.32. The minimum Gasteiger partial charge on any atom is -0.368 e. The van der Waals surface area contributed by atoms with Crippen molar-refractivity contribution in [2.24, 2.45) is 0 Å². The highest BCUT2D eigenvalue weighted by atomic mass is 16.1. The maximum atomic E-state index is 13.3. The van der Waals surface area contributed by atoms with Crippen LogP contribution in [0.5, 0.6) is 0 Å². The molecule has 2 aromatic heterocycles. The van der Waals surface area contributed by atoms with Gasteiger partial charge in [0, 0.05) is 55.5 Å². The number of aromatic nitrogens is 2. The van der Waals surface area contributed by atoms with Crippen LogP contribution in [0.2, 0.25) is 0 Å². The second-order valence-corrected chi connectivity index (χ2v) is 9.19. The summed E-state index contributed by atoms with van der Waals surface area (Å²) in [5.74, 6) is 0.756. The number of nitrogens with zero attached hydrogens (tertiary/aromatic N) is 4. The molecule has 3 heterocycles. The van der Waals surface area contributed by atoms with Gasteiger partial charge in [-0.25, -0.2) is 0 Å². The minimum absolute atomic E-state index is 0.0302. The van der Waals surface area contributed by atoms with Crippen molar-refractivity contribution in [1.82, 2.24) is 9.55 Å². The summed E-state index contributed by atoms with van der Waals surface area (Å²) in [4.78, 5) is 22.6. The van der Waals surface area contributed by atoms with E-state index in [2.05, 4.69) is 85.4 Å². The third kappa shape index (κ3) is 4.26. The highest BCUT2D eigenvalue weighted by Gasteiger charge is 2.23. The SMILES string of the molecule is O=c1cc(NC2=CCCC=C2)n(-c2ccccc2)c2c(N3CCN(c4ccccc4)CC3)cncc12. The van der Waals surface area contributed by atoms with Crippen molar-refractivity contribution in [3.63, 3.8) is 0 Å². The zero-order valence-corrected chi connectivity index (χ0v) is 20.2. The van der Waals surface area contributed by atoms with Crippen LogP contribution >= 0.6 is 0 Å². The average Bonchev–Trinajstić information content (AvgIpc) is 2.95. The Hall–Kier alpha value is -4.32. The zero-order chi connectivity index (χ0) is 24.3. The number of pyridine rings is 2. The second kappa shape index (κ2) is 9.74. The molecule has 1 aliphatic heterocycles. The molecule has 0 bridgehead atoms. The van der Waals surface area contributed by atoms with Gasteiger partial charge in [-0.1, -0.05) is 48.6 Å². The Bertz CT molecular complexity index is 1480. The fourth-order valence-electron chi connectivity index (χ4n) is 5.11. The maximum Gasteiger partial charge on any atom is 0.193 e. The first-order chi connectivity index (χ1) is 17.8. The zero-order valence-electron chi connectivity index (χ0n) is 20.2. The van der Waals surface area contributed by atoms with E-state index in [1.807, 2.05) is 24.4 Å². The quantitative estimate of drug-likeness (QED) is 0.421. The van der Waals surface area contributed by atoms with Crippen LogP contribution in [0.4, 0.5) is 17.2 Å². The van der Waals surface area contributed by atoms with E-state index in [0.29, 0.717) is 5.39 Å². The molecule has 6 rings (SSSR count). The molecule has 0 spiro atoms. The third-order valence-corrected chi connectivity index (χ3v) is 6.92. The van der Waals surface area contributed by atoms with Crippen molar-refractivity contribution in [3.8, 4) is 5.69 Å². The summed E-state index contributed by atoms with van der Waals surface area (Å²) in [6.45, 7) is 3.52. The summed E-state index contributed by atoms with van der Waals surface area (Å²) < 4.78 is 2.17. The first kappa shape index (κ1) is 22.2. The predicted molar refractivity (Wildman–Crippen MR) is 148 cm³/mol. The van der Waals surface area contributed by atoms with E-state index in [9.17, 15) is 4.79 Å². The summed E-state index contributed by atoms with van der Waals surface area (Å²) in [6, 6.07) is 22.5. The Balaban J connectivity index is 1.46. The third-order valence-electron chi connectivity index (χ3n) is 6.92. The molecule has 6 heteroatoms. The molecule has 2 aliphatic rings. The number of rotatable bonds is 5. The minimum atomic E-state index is -0.0302. The van der Waals surface area contributed by atoms with Crippen molar-refractivity contribution in [2.75, 3.05) is 41.3 Å². The van der Waals surface area contributed by atoms with Crippen molar-refractivity contribution >= 4 is 28.1 Å².